The summed E-state index contributed by atoms with van der Waals surface area (Å²) in [6, 6.07) is 17.3. The molecular weight excluding hydrogens is 392 g/mol. The maximum absolute atomic E-state index is 13.4. The first-order valence-corrected chi connectivity index (χ1v) is 9.62. The van der Waals surface area contributed by atoms with Crippen molar-refractivity contribution in [1.29, 1.82) is 0 Å². The zero-order valence-corrected chi connectivity index (χ0v) is 16.2. The van der Waals surface area contributed by atoms with Gasteiger partial charge in [0.25, 0.3) is 5.91 Å². The molecule has 1 aromatic heterocycles. The van der Waals surface area contributed by atoms with Gasteiger partial charge in [-0.2, -0.15) is 0 Å². The molecule has 2 aliphatic heterocycles. The zero-order valence-electron chi connectivity index (χ0n) is 15.5. The van der Waals surface area contributed by atoms with Crippen LogP contribution >= 0.6 is 11.6 Å². The second-order valence-electron chi connectivity index (χ2n) is 7.16. The van der Waals surface area contributed by atoms with Crippen LogP contribution in [0.15, 0.2) is 71.3 Å². The highest BCUT2D eigenvalue weighted by Crippen LogP contribution is 2.47. The number of hydroxylamine groups is 1. The number of amides is 2. The molecule has 146 valence electrons. The lowest BCUT2D eigenvalue weighted by Crippen LogP contribution is -2.37. The van der Waals surface area contributed by atoms with Crippen molar-refractivity contribution in [3.8, 4) is 0 Å². The number of imide groups is 1. The number of fused-ring (bicyclic) bond motifs is 1. The summed E-state index contributed by atoms with van der Waals surface area (Å²) < 4.78 is 5.61. The molecule has 5 rings (SSSR count). The smallest absolute Gasteiger partial charge is 0.266 e. The Balaban J connectivity index is 1.56. The summed E-state index contributed by atoms with van der Waals surface area (Å²) in [7, 11) is 0. The Morgan fingerprint density at radius 1 is 0.897 bits per heavy atom. The highest BCUT2D eigenvalue weighted by Gasteiger charge is 2.61. The summed E-state index contributed by atoms with van der Waals surface area (Å²) in [5.74, 6) is -0.844. The zero-order chi connectivity index (χ0) is 20.1. The maximum Gasteiger partial charge on any atom is 0.266 e. The molecule has 0 saturated carbocycles. The summed E-state index contributed by atoms with van der Waals surface area (Å²) >= 11 is 6.00. The van der Waals surface area contributed by atoms with Crippen molar-refractivity contribution in [2.45, 2.75) is 19.1 Å². The minimum atomic E-state index is -0.922. The third kappa shape index (κ3) is 2.84. The minimum Gasteiger partial charge on any atom is -0.467 e. The fourth-order valence-corrected chi connectivity index (χ4v) is 4.05. The van der Waals surface area contributed by atoms with Crippen molar-refractivity contribution >= 4 is 34.8 Å². The van der Waals surface area contributed by atoms with Crippen molar-refractivity contribution in [2.75, 3.05) is 9.96 Å². The van der Waals surface area contributed by atoms with Gasteiger partial charge in [-0.05, 0) is 55.5 Å². The second-order valence-corrected chi connectivity index (χ2v) is 7.60. The lowest BCUT2D eigenvalue weighted by atomic mass is 9.94. The van der Waals surface area contributed by atoms with Gasteiger partial charge >= 0.3 is 0 Å². The number of hydrogen-bond donors (Lipinski definition) is 0. The van der Waals surface area contributed by atoms with Gasteiger partial charge in [0, 0.05) is 5.02 Å². The minimum absolute atomic E-state index is 0.304. The van der Waals surface area contributed by atoms with Gasteiger partial charge in [-0.15, -0.1) is 0 Å². The van der Waals surface area contributed by atoms with E-state index in [1.54, 1.807) is 59.9 Å². The number of hydrogen-bond acceptors (Lipinski definition) is 5. The number of benzene rings is 2. The molecule has 3 atom stereocenters. The Labute approximate surface area is 172 Å². The van der Waals surface area contributed by atoms with Crippen molar-refractivity contribution in [1.82, 2.24) is 0 Å². The van der Waals surface area contributed by atoms with E-state index in [1.165, 1.54) is 4.90 Å². The third-order valence-electron chi connectivity index (χ3n) is 5.32. The predicted octanol–water partition coefficient (Wildman–Crippen LogP) is 4.29. The highest BCUT2D eigenvalue weighted by molar-refractivity contribution is 6.30. The summed E-state index contributed by atoms with van der Waals surface area (Å²) in [6.45, 7) is 1.95. The van der Waals surface area contributed by atoms with Gasteiger partial charge in [-0.1, -0.05) is 29.3 Å². The molecule has 0 unspecified atom stereocenters. The molecule has 2 amide bonds. The molecule has 3 heterocycles. The van der Waals surface area contributed by atoms with Gasteiger partial charge in [0.1, 0.15) is 17.7 Å². The van der Waals surface area contributed by atoms with E-state index in [0.29, 0.717) is 22.2 Å². The largest absolute Gasteiger partial charge is 0.467 e. The number of aryl methyl sites for hydroxylation is 1. The SMILES string of the molecule is Cc1ccc(N2C(=O)[C@@H]3[C@H](ON(c4ccc(Cl)cc4)[C@@H]3c3ccco3)C2=O)cc1. The van der Waals surface area contributed by atoms with Gasteiger partial charge < -0.3 is 4.42 Å². The Kier molecular flexibility index (Phi) is 4.19. The van der Waals surface area contributed by atoms with Crippen LogP contribution < -0.4 is 9.96 Å². The van der Waals surface area contributed by atoms with E-state index in [2.05, 4.69) is 0 Å². The van der Waals surface area contributed by atoms with Crippen molar-refractivity contribution in [3.05, 3.63) is 83.3 Å². The first kappa shape index (κ1) is 18.0. The number of anilines is 2. The maximum atomic E-state index is 13.4. The van der Waals surface area contributed by atoms with Gasteiger partial charge in [-0.25, -0.2) is 9.96 Å². The standard InChI is InChI=1S/C22H17ClN2O4/c1-13-4-8-15(9-5-13)24-21(26)18-19(17-3-2-12-28-17)25(29-20(18)22(24)27)16-10-6-14(23)7-11-16/h2-12,18-20H,1H3/t18-,19+,20-/m0/s1. The van der Waals surface area contributed by atoms with E-state index in [-0.39, 0.29) is 11.8 Å². The lowest BCUT2D eigenvalue weighted by molar-refractivity contribution is -0.126. The van der Waals surface area contributed by atoms with Crippen LogP contribution in [0.1, 0.15) is 17.4 Å². The van der Waals surface area contributed by atoms with Crippen LogP contribution in [-0.4, -0.2) is 17.9 Å². The second kappa shape index (κ2) is 6.76. The fourth-order valence-electron chi connectivity index (χ4n) is 3.92. The molecule has 0 spiro atoms. The van der Waals surface area contributed by atoms with Crippen LogP contribution in [0.3, 0.4) is 0 Å². The Hall–Kier alpha value is -3.09. The van der Waals surface area contributed by atoms with Gasteiger partial charge in [-0.3, -0.25) is 14.4 Å². The molecule has 3 aromatic rings. The van der Waals surface area contributed by atoms with E-state index in [9.17, 15) is 9.59 Å². The monoisotopic (exact) mass is 408 g/mol. The average molecular weight is 409 g/mol. The molecule has 0 aliphatic carbocycles. The first-order chi connectivity index (χ1) is 14.0. The van der Waals surface area contributed by atoms with E-state index < -0.39 is 18.1 Å². The first-order valence-electron chi connectivity index (χ1n) is 9.24. The molecule has 2 aliphatic rings. The molecule has 29 heavy (non-hydrogen) atoms. The molecule has 6 nitrogen and oxygen atoms in total. The van der Waals surface area contributed by atoms with Crippen LogP contribution in [0.4, 0.5) is 11.4 Å². The average Bonchev–Trinajstić information content (AvgIpc) is 3.41. The van der Waals surface area contributed by atoms with Crippen LogP contribution in [-0.2, 0) is 14.4 Å². The summed E-state index contributed by atoms with van der Waals surface area (Å²) in [6.07, 6.45) is 0.622. The molecular formula is C22H17ClN2O4. The van der Waals surface area contributed by atoms with Crippen molar-refractivity contribution < 1.29 is 18.8 Å². The Morgan fingerprint density at radius 3 is 2.24 bits per heavy atom. The Bertz CT molecular complexity index is 1060. The summed E-state index contributed by atoms with van der Waals surface area (Å²) in [4.78, 5) is 33.7. The van der Waals surface area contributed by atoms with Gasteiger partial charge in [0.05, 0.1) is 17.6 Å². The van der Waals surface area contributed by atoms with Crippen molar-refractivity contribution in [2.24, 2.45) is 5.92 Å². The number of carbonyl (C=O) groups excluding carboxylic acids is 2. The Morgan fingerprint density at radius 2 is 1.59 bits per heavy atom. The van der Waals surface area contributed by atoms with Crippen LogP contribution in [0, 0.1) is 12.8 Å². The van der Waals surface area contributed by atoms with E-state index >= 15 is 0 Å². The van der Waals surface area contributed by atoms with Gasteiger partial charge in [0.2, 0.25) is 5.91 Å². The topological polar surface area (TPSA) is 63.0 Å². The molecule has 0 radical (unpaired) electrons. The van der Waals surface area contributed by atoms with Crippen LogP contribution in [0.25, 0.3) is 0 Å². The summed E-state index contributed by atoms with van der Waals surface area (Å²) in [5.41, 5.74) is 2.28. The summed E-state index contributed by atoms with van der Waals surface area (Å²) in [5, 5.41) is 2.16. The molecule has 7 heteroatoms. The fraction of sp³-hybridized carbons (Fsp3) is 0.182. The van der Waals surface area contributed by atoms with Crippen molar-refractivity contribution in [3.63, 3.8) is 0 Å². The normalized spacial score (nSPS) is 23.7. The van der Waals surface area contributed by atoms with Gasteiger partial charge in [0.15, 0.2) is 6.10 Å². The number of nitrogens with zero attached hydrogens (tertiary/aromatic N) is 2. The number of furan rings is 1. The molecule has 0 bridgehead atoms. The molecule has 2 fully saturated rings. The third-order valence-corrected chi connectivity index (χ3v) is 5.58. The predicted molar refractivity (Wildman–Crippen MR) is 107 cm³/mol. The van der Waals surface area contributed by atoms with E-state index in [0.717, 1.165) is 5.56 Å². The molecule has 0 N–H and O–H groups in total. The lowest BCUT2D eigenvalue weighted by Gasteiger charge is -2.27. The number of rotatable bonds is 3. The van der Waals surface area contributed by atoms with E-state index in [4.69, 9.17) is 20.9 Å². The van der Waals surface area contributed by atoms with Crippen LogP contribution in [0.5, 0.6) is 0 Å². The number of halogens is 1. The van der Waals surface area contributed by atoms with Crippen LogP contribution in [0.2, 0.25) is 5.02 Å². The quantitative estimate of drug-likeness (QED) is 0.605. The van der Waals surface area contributed by atoms with E-state index in [1.807, 2.05) is 19.1 Å². The highest BCUT2D eigenvalue weighted by atomic mass is 35.5. The molecule has 2 aromatic carbocycles. The number of carbonyl (C=O) groups is 2. The molecule has 2 saturated heterocycles.